The summed E-state index contributed by atoms with van der Waals surface area (Å²) in [5.41, 5.74) is 2.74. The summed E-state index contributed by atoms with van der Waals surface area (Å²) in [5.74, 6) is 1.52. The van der Waals surface area contributed by atoms with Crippen LogP contribution in [-0.2, 0) is 6.54 Å². The zero-order valence-corrected chi connectivity index (χ0v) is 14.9. The maximum atomic E-state index is 12.2. The normalized spacial score (nSPS) is 17.7. The van der Waals surface area contributed by atoms with Crippen LogP contribution < -0.4 is 10.9 Å². The number of pyridine rings is 2. The molecule has 0 spiro atoms. The van der Waals surface area contributed by atoms with Gasteiger partial charge in [0.1, 0.15) is 11.5 Å². The highest BCUT2D eigenvalue weighted by Crippen LogP contribution is 2.19. The topological polar surface area (TPSA) is 62.5 Å². The summed E-state index contributed by atoms with van der Waals surface area (Å²) >= 11 is 0. The van der Waals surface area contributed by atoms with Crippen LogP contribution in [0.4, 0.5) is 5.82 Å². The molecule has 0 amide bonds. The van der Waals surface area contributed by atoms with E-state index in [0.717, 1.165) is 44.1 Å². The number of hydrogen-bond donors (Lipinski definition) is 1. The molecule has 1 aliphatic rings. The van der Waals surface area contributed by atoms with Crippen molar-refractivity contribution in [3.8, 4) is 0 Å². The second-order valence-electron chi connectivity index (χ2n) is 7.00. The van der Waals surface area contributed by atoms with E-state index in [4.69, 9.17) is 0 Å². The number of fused-ring (bicyclic) bond motifs is 1. The van der Waals surface area contributed by atoms with Gasteiger partial charge in [0.05, 0.1) is 5.69 Å². The molecule has 26 heavy (non-hydrogen) atoms. The van der Waals surface area contributed by atoms with Crippen molar-refractivity contribution < 1.29 is 0 Å². The van der Waals surface area contributed by atoms with E-state index in [1.54, 1.807) is 16.7 Å². The largest absolute Gasteiger partial charge is 0.370 e. The van der Waals surface area contributed by atoms with Crippen molar-refractivity contribution in [2.75, 3.05) is 25.0 Å². The van der Waals surface area contributed by atoms with E-state index >= 15 is 0 Å². The quantitative estimate of drug-likeness (QED) is 0.766. The van der Waals surface area contributed by atoms with Gasteiger partial charge in [0.25, 0.3) is 5.56 Å². The number of nitrogens with one attached hydrogen (secondary N) is 1. The van der Waals surface area contributed by atoms with Gasteiger partial charge in [-0.25, -0.2) is 9.97 Å². The maximum absolute atomic E-state index is 12.2. The van der Waals surface area contributed by atoms with E-state index in [0.29, 0.717) is 11.6 Å². The molecule has 0 bridgehead atoms. The van der Waals surface area contributed by atoms with Crippen LogP contribution in [-0.4, -0.2) is 38.9 Å². The van der Waals surface area contributed by atoms with E-state index in [-0.39, 0.29) is 5.56 Å². The number of likely N-dealkylation sites (tertiary alicyclic amines) is 1. The Labute approximate surface area is 152 Å². The molecule has 1 saturated heterocycles. The summed E-state index contributed by atoms with van der Waals surface area (Å²) in [6.45, 7) is 5.75. The van der Waals surface area contributed by atoms with Gasteiger partial charge in [0.15, 0.2) is 0 Å². The SMILES string of the molecule is Cc1ccnc(NC[C@@H]2CCN(Cc3cc(=O)n4ccccc4n3)C2)c1. The van der Waals surface area contributed by atoms with Crippen LogP contribution in [0.1, 0.15) is 17.7 Å². The van der Waals surface area contributed by atoms with Crippen molar-refractivity contribution in [1.29, 1.82) is 0 Å². The number of aromatic nitrogens is 3. The molecule has 0 aromatic carbocycles. The van der Waals surface area contributed by atoms with Crippen molar-refractivity contribution in [1.82, 2.24) is 19.3 Å². The maximum Gasteiger partial charge on any atom is 0.258 e. The molecule has 1 atom stereocenters. The highest BCUT2D eigenvalue weighted by molar-refractivity contribution is 5.38. The molecule has 4 rings (SSSR count). The average Bonchev–Trinajstić information content (AvgIpc) is 3.07. The van der Waals surface area contributed by atoms with Crippen molar-refractivity contribution in [2.45, 2.75) is 19.9 Å². The lowest BCUT2D eigenvalue weighted by atomic mass is 10.1. The van der Waals surface area contributed by atoms with Crippen LogP contribution in [0.5, 0.6) is 0 Å². The third-order valence-electron chi connectivity index (χ3n) is 4.87. The molecule has 3 aromatic rings. The molecule has 1 fully saturated rings. The summed E-state index contributed by atoms with van der Waals surface area (Å²) in [4.78, 5) is 23.6. The van der Waals surface area contributed by atoms with Gasteiger partial charge < -0.3 is 5.32 Å². The number of rotatable bonds is 5. The summed E-state index contributed by atoms with van der Waals surface area (Å²) < 4.78 is 1.58. The first-order chi connectivity index (χ1) is 12.7. The first-order valence-corrected chi connectivity index (χ1v) is 9.03. The predicted molar refractivity (Wildman–Crippen MR) is 102 cm³/mol. The third kappa shape index (κ3) is 3.75. The number of aryl methyl sites for hydroxylation is 1. The van der Waals surface area contributed by atoms with Crippen molar-refractivity contribution in [2.24, 2.45) is 5.92 Å². The molecule has 1 N–H and O–H groups in total. The molecular weight excluding hydrogens is 326 g/mol. The van der Waals surface area contributed by atoms with Gasteiger partial charge in [0, 0.05) is 38.1 Å². The van der Waals surface area contributed by atoms with Gasteiger partial charge in [-0.05, 0) is 55.6 Å². The number of nitrogens with zero attached hydrogens (tertiary/aromatic N) is 4. The van der Waals surface area contributed by atoms with Gasteiger partial charge in [-0.1, -0.05) is 6.07 Å². The van der Waals surface area contributed by atoms with Crippen LogP contribution in [0.2, 0.25) is 0 Å². The van der Waals surface area contributed by atoms with Crippen molar-refractivity contribution >= 4 is 11.5 Å². The standard InChI is InChI=1S/C20H23N5O/c1-15-5-7-21-18(10-15)22-12-16-6-9-24(13-16)14-17-11-20(26)25-8-3-2-4-19(25)23-17/h2-5,7-8,10-11,16H,6,9,12-14H2,1H3,(H,21,22)/t16-/m0/s1. The fourth-order valence-electron chi connectivity index (χ4n) is 3.52. The zero-order chi connectivity index (χ0) is 17.9. The number of hydrogen-bond acceptors (Lipinski definition) is 5. The molecule has 134 valence electrons. The monoisotopic (exact) mass is 349 g/mol. The minimum Gasteiger partial charge on any atom is -0.370 e. The summed E-state index contributed by atoms with van der Waals surface area (Å²) in [7, 11) is 0. The molecular formula is C20H23N5O. The fraction of sp³-hybridized carbons (Fsp3) is 0.350. The van der Waals surface area contributed by atoms with Gasteiger partial charge >= 0.3 is 0 Å². The van der Waals surface area contributed by atoms with Crippen molar-refractivity contribution in [3.63, 3.8) is 0 Å². The lowest BCUT2D eigenvalue weighted by Crippen LogP contribution is -2.25. The molecule has 0 saturated carbocycles. The molecule has 6 nitrogen and oxygen atoms in total. The van der Waals surface area contributed by atoms with Gasteiger partial charge in [-0.2, -0.15) is 0 Å². The molecule has 1 aliphatic heterocycles. The van der Waals surface area contributed by atoms with Gasteiger partial charge in [-0.15, -0.1) is 0 Å². The van der Waals surface area contributed by atoms with Crippen LogP contribution in [0, 0.1) is 12.8 Å². The third-order valence-corrected chi connectivity index (χ3v) is 4.87. The van der Waals surface area contributed by atoms with Crippen LogP contribution in [0.15, 0.2) is 53.6 Å². The minimum absolute atomic E-state index is 0.0199. The Bertz CT molecular complexity index is 968. The van der Waals surface area contributed by atoms with Crippen LogP contribution in [0.3, 0.4) is 0 Å². The van der Waals surface area contributed by atoms with E-state index in [1.165, 1.54) is 5.56 Å². The first kappa shape index (κ1) is 16.7. The highest BCUT2D eigenvalue weighted by atomic mass is 16.1. The highest BCUT2D eigenvalue weighted by Gasteiger charge is 2.23. The molecule has 6 heteroatoms. The predicted octanol–water partition coefficient (Wildman–Crippen LogP) is 2.33. The summed E-state index contributed by atoms with van der Waals surface area (Å²) in [5, 5.41) is 3.44. The second kappa shape index (κ2) is 7.25. The smallest absolute Gasteiger partial charge is 0.258 e. The van der Waals surface area contributed by atoms with E-state index in [9.17, 15) is 4.79 Å². The Kier molecular flexibility index (Phi) is 4.67. The second-order valence-corrected chi connectivity index (χ2v) is 7.00. The zero-order valence-electron chi connectivity index (χ0n) is 14.9. The van der Waals surface area contributed by atoms with E-state index < -0.39 is 0 Å². The lowest BCUT2D eigenvalue weighted by molar-refractivity contribution is 0.315. The Hall–Kier alpha value is -2.73. The molecule has 4 heterocycles. The van der Waals surface area contributed by atoms with Gasteiger partial charge in [-0.3, -0.25) is 14.1 Å². The Balaban J connectivity index is 1.36. The molecule has 0 unspecified atom stereocenters. The summed E-state index contributed by atoms with van der Waals surface area (Å²) in [6, 6.07) is 11.3. The Morgan fingerprint density at radius 3 is 3.08 bits per heavy atom. The van der Waals surface area contributed by atoms with Gasteiger partial charge in [0.2, 0.25) is 0 Å². The van der Waals surface area contributed by atoms with Crippen LogP contribution >= 0.6 is 0 Å². The molecule has 0 radical (unpaired) electrons. The lowest BCUT2D eigenvalue weighted by Gasteiger charge is -2.16. The van der Waals surface area contributed by atoms with E-state index in [1.807, 2.05) is 30.5 Å². The Morgan fingerprint density at radius 2 is 2.19 bits per heavy atom. The Morgan fingerprint density at radius 1 is 1.27 bits per heavy atom. The molecule has 3 aromatic heterocycles. The van der Waals surface area contributed by atoms with E-state index in [2.05, 4.69) is 33.2 Å². The minimum atomic E-state index is -0.0199. The van der Waals surface area contributed by atoms with Crippen molar-refractivity contribution in [3.05, 3.63) is 70.4 Å². The van der Waals surface area contributed by atoms with Crippen LogP contribution in [0.25, 0.3) is 5.65 Å². The number of anilines is 1. The fourth-order valence-corrected chi connectivity index (χ4v) is 3.52. The first-order valence-electron chi connectivity index (χ1n) is 9.03. The summed E-state index contributed by atoms with van der Waals surface area (Å²) in [6.07, 6.45) is 4.74. The average molecular weight is 349 g/mol. The molecule has 0 aliphatic carbocycles.